The minimum Gasteiger partial charge on any atom is -0.354 e. The van der Waals surface area contributed by atoms with Crippen LogP contribution in [0.3, 0.4) is 0 Å². The molecule has 2 N–H and O–H groups in total. The Kier molecular flexibility index (Phi) is 3.21. The molecule has 1 unspecified atom stereocenters. The van der Waals surface area contributed by atoms with Crippen LogP contribution in [0, 0.1) is 0 Å². The van der Waals surface area contributed by atoms with Crippen molar-refractivity contribution in [2.75, 3.05) is 6.54 Å². The van der Waals surface area contributed by atoms with Crippen molar-refractivity contribution in [3.8, 4) is 0 Å². The summed E-state index contributed by atoms with van der Waals surface area (Å²) in [6.45, 7) is 4.44. The van der Waals surface area contributed by atoms with Gasteiger partial charge in [-0.25, -0.2) is 4.98 Å². The first kappa shape index (κ1) is 12.2. The number of carbonyl (C=O) groups excluding carboxylic acids is 1. The summed E-state index contributed by atoms with van der Waals surface area (Å²) in [6, 6.07) is 8.39. The quantitative estimate of drug-likeness (QED) is 0.861. The van der Waals surface area contributed by atoms with Gasteiger partial charge in [0.05, 0.1) is 17.6 Å². The van der Waals surface area contributed by atoms with E-state index in [1.165, 1.54) is 5.52 Å². The Balaban J connectivity index is 1.78. The third kappa shape index (κ3) is 2.33. The molecule has 1 fully saturated rings. The van der Waals surface area contributed by atoms with Crippen molar-refractivity contribution in [1.82, 2.24) is 20.2 Å². The average Bonchev–Trinajstić information content (AvgIpc) is 2.99. The number of aromatic nitrogens is 2. The van der Waals surface area contributed by atoms with Gasteiger partial charge < -0.3 is 15.2 Å². The van der Waals surface area contributed by atoms with E-state index in [0.29, 0.717) is 19.5 Å². The molecule has 0 saturated carbocycles. The Morgan fingerprint density at radius 3 is 3.05 bits per heavy atom. The summed E-state index contributed by atoms with van der Waals surface area (Å²) in [5.41, 5.74) is 2.20. The van der Waals surface area contributed by atoms with E-state index < -0.39 is 0 Å². The van der Waals surface area contributed by atoms with E-state index in [2.05, 4.69) is 33.2 Å². The van der Waals surface area contributed by atoms with Crippen LogP contribution >= 0.6 is 0 Å². The second kappa shape index (κ2) is 5.01. The molecule has 0 radical (unpaired) electrons. The maximum atomic E-state index is 11.2. The Labute approximate surface area is 112 Å². The number of rotatable bonds is 4. The first-order chi connectivity index (χ1) is 9.28. The number of nitrogens with one attached hydrogen (secondary N) is 2. The average molecular weight is 258 g/mol. The number of hydrogen-bond acceptors (Lipinski definition) is 3. The molecule has 100 valence electrons. The lowest BCUT2D eigenvalue weighted by molar-refractivity contribution is -0.119. The molecule has 1 aliphatic heterocycles. The Bertz CT molecular complexity index is 605. The zero-order valence-corrected chi connectivity index (χ0v) is 11.0. The van der Waals surface area contributed by atoms with Crippen molar-refractivity contribution in [3.63, 3.8) is 0 Å². The predicted octanol–water partition coefficient (Wildman–Crippen LogP) is 1.03. The maximum Gasteiger partial charge on any atom is 0.221 e. The number of carbonyl (C=O) groups is 1. The molecule has 1 saturated heterocycles. The lowest BCUT2D eigenvalue weighted by Crippen LogP contribution is -2.31. The van der Waals surface area contributed by atoms with Gasteiger partial charge in [-0.2, -0.15) is 0 Å². The summed E-state index contributed by atoms with van der Waals surface area (Å²) in [5.74, 6) is 1.16. The van der Waals surface area contributed by atoms with Crippen LogP contribution in [0.4, 0.5) is 0 Å². The largest absolute Gasteiger partial charge is 0.354 e. The molecule has 2 heterocycles. The van der Waals surface area contributed by atoms with E-state index in [9.17, 15) is 4.79 Å². The van der Waals surface area contributed by atoms with Crippen LogP contribution in [0.2, 0.25) is 0 Å². The van der Waals surface area contributed by atoms with E-state index >= 15 is 0 Å². The Morgan fingerprint density at radius 2 is 2.32 bits per heavy atom. The van der Waals surface area contributed by atoms with Gasteiger partial charge in [-0.3, -0.25) is 4.79 Å². The van der Waals surface area contributed by atoms with Crippen LogP contribution in [-0.2, 0) is 17.9 Å². The van der Waals surface area contributed by atoms with E-state index in [4.69, 9.17) is 0 Å². The smallest absolute Gasteiger partial charge is 0.221 e. The third-order valence-electron chi connectivity index (χ3n) is 3.58. The Hall–Kier alpha value is -1.88. The minimum absolute atomic E-state index is 0.126. The number of amides is 1. The summed E-state index contributed by atoms with van der Waals surface area (Å²) in [5, 5.41) is 6.23. The van der Waals surface area contributed by atoms with Crippen LogP contribution in [0.25, 0.3) is 11.0 Å². The van der Waals surface area contributed by atoms with Gasteiger partial charge >= 0.3 is 0 Å². The van der Waals surface area contributed by atoms with Crippen molar-refractivity contribution in [1.29, 1.82) is 0 Å². The van der Waals surface area contributed by atoms with Crippen LogP contribution in [0.5, 0.6) is 0 Å². The standard InChI is InChI=1S/C14H18N4O/c1-2-18-12-6-4-3-5-11(12)17-13(18)9-15-10-7-14(19)16-8-10/h3-6,10,15H,2,7-9H2,1H3,(H,16,19). The molecule has 2 aromatic rings. The second-order valence-electron chi connectivity index (χ2n) is 4.85. The van der Waals surface area contributed by atoms with Gasteiger partial charge in [0.1, 0.15) is 5.82 Å². The molecule has 1 atom stereocenters. The fourth-order valence-corrected chi connectivity index (χ4v) is 2.60. The number of fused-ring (bicyclic) bond motifs is 1. The molecule has 0 spiro atoms. The zero-order valence-electron chi connectivity index (χ0n) is 11.0. The highest BCUT2D eigenvalue weighted by Gasteiger charge is 2.21. The van der Waals surface area contributed by atoms with Gasteiger partial charge in [-0.1, -0.05) is 12.1 Å². The monoisotopic (exact) mass is 258 g/mol. The van der Waals surface area contributed by atoms with Crippen molar-refractivity contribution < 1.29 is 4.79 Å². The van der Waals surface area contributed by atoms with E-state index in [1.807, 2.05) is 18.2 Å². The van der Waals surface area contributed by atoms with Crippen molar-refractivity contribution in [2.24, 2.45) is 0 Å². The zero-order chi connectivity index (χ0) is 13.2. The summed E-state index contributed by atoms with van der Waals surface area (Å²) in [7, 11) is 0. The molecule has 0 aliphatic carbocycles. The summed E-state index contributed by atoms with van der Waals surface area (Å²) >= 11 is 0. The van der Waals surface area contributed by atoms with Crippen molar-refractivity contribution in [2.45, 2.75) is 32.5 Å². The number of benzene rings is 1. The number of para-hydroxylation sites is 2. The Morgan fingerprint density at radius 1 is 1.47 bits per heavy atom. The normalized spacial score (nSPS) is 19.0. The number of nitrogens with zero attached hydrogens (tertiary/aromatic N) is 2. The summed E-state index contributed by atoms with van der Waals surface area (Å²) in [4.78, 5) is 15.8. The molecule has 1 amide bonds. The molecule has 19 heavy (non-hydrogen) atoms. The van der Waals surface area contributed by atoms with Crippen LogP contribution in [-0.4, -0.2) is 28.0 Å². The molecule has 1 aliphatic rings. The van der Waals surface area contributed by atoms with E-state index in [-0.39, 0.29) is 11.9 Å². The lowest BCUT2D eigenvalue weighted by Gasteiger charge is -2.11. The fraction of sp³-hybridized carbons (Fsp3) is 0.429. The molecule has 5 heteroatoms. The topological polar surface area (TPSA) is 59.0 Å². The van der Waals surface area contributed by atoms with E-state index in [1.54, 1.807) is 0 Å². The van der Waals surface area contributed by atoms with Crippen LogP contribution in [0.1, 0.15) is 19.2 Å². The number of hydrogen-bond donors (Lipinski definition) is 2. The second-order valence-corrected chi connectivity index (χ2v) is 4.85. The highest BCUT2D eigenvalue weighted by atomic mass is 16.1. The molecule has 1 aromatic heterocycles. The number of imidazole rings is 1. The first-order valence-electron chi connectivity index (χ1n) is 6.72. The molecule has 5 nitrogen and oxygen atoms in total. The molecular formula is C14H18N4O. The van der Waals surface area contributed by atoms with Crippen molar-refractivity contribution in [3.05, 3.63) is 30.1 Å². The molecular weight excluding hydrogens is 240 g/mol. The number of aryl methyl sites for hydroxylation is 1. The summed E-state index contributed by atoms with van der Waals surface area (Å²) < 4.78 is 2.21. The minimum atomic E-state index is 0.126. The molecule has 0 bridgehead atoms. The highest BCUT2D eigenvalue weighted by Crippen LogP contribution is 2.16. The lowest BCUT2D eigenvalue weighted by atomic mass is 10.2. The van der Waals surface area contributed by atoms with E-state index in [0.717, 1.165) is 17.9 Å². The van der Waals surface area contributed by atoms with Gasteiger partial charge in [0, 0.05) is 25.6 Å². The van der Waals surface area contributed by atoms with Crippen LogP contribution in [0.15, 0.2) is 24.3 Å². The maximum absolute atomic E-state index is 11.2. The third-order valence-corrected chi connectivity index (χ3v) is 3.58. The van der Waals surface area contributed by atoms with Gasteiger partial charge in [0.2, 0.25) is 5.91 Å². The highest BCUT2D eigenvalue weighted by molar-refractivity contribution is 5.79. The van der Waals surface area contributed by atoms with Crippen molar-refractivity contribution >= 4 is 16.9 Å². The van der Waals surface area contributed by atoms with Gasteiger partial charge in [0.25, 0.3) is 0 Å². The first-order valence-corrected chi connectivity index (χ1v) is 6.72. The summed E-state index contributed by atoms with van der Waals surface area (Å²) in [6.07, 6.45) is 0.562. The fourth-order valence-electron chi connectivity index (χ4n) is 2.60. The van der Waals surface area contributed by atoms with Gasteiger partial charge in [0.15, 0.2) is 0 Å². The van der Waals surface area contributed by atoms with Gasteiger partial charge in [-0.15, -0.1) is 0 Å². The van der Waals surface area contributed by atoms with Gasteiger partial charge in [-0.05, 0) is 19.1 Å². The SMILES string of the molecule is CCn1c(CNC2CNC(=O)C2)nc2ccccc21. The van der Waals surface area contributed by atoms with Crippen LogP contribution < -0.4 is 10.6 Å². The molecule has 1 aromatic carbocycles. The predicted molar refractivity (Wildman–Crippen MR) is 73.7 cm³/mol. The molecule has 3 rings (SSSR count).